The first-order chi connectivity index (χ1) is 11.4. The summed E-state index contributed by atoms with van der Waals surface area (Å²) in [6.45, 7) is 4.96. The van der Waals surface area contributed by atoms with E-state index in [2.05, 4.69) is 10.3 Å². The highest BCUT2D eigenvalue weighted by Gasteiger charge is 2.27. The predicted molar refractivity (Wildman–Crippen MR) is 98.9 cm³/mol. The van der Waals surface area contributed by atoms with Gasteiger partial charge in [0.1, 0.15) is 0 Å². The van der Waals surface area contributed by atoms with E-state index in [1.54, 1.807) is 0 Å². The van der Waals surface area contributed by atoms with Crippen molar-refractivity contribution in [2.45, 2.75) is 19.9 Å². The van der Waals surface area contributed by atoms with Crippen LogP contribution in [0.25, 0.3) is 0 Å². The Morgan fingerprint density at radius 3 is 2.67 bits per heavy atom. The van der Waals surface area contributed by atoms with Crippen LogP contribution in [-0.2, 0) is 16.6 Å². The molecule has 0 aliphatic carbocycles. The first-order valence-corrected chi connectivity index (χ1v) is 10.1. The Hall–Kier alpha value is -1.31. The largest absolute Gasteiger partial charge is 0.357 e. The Morgan fingerprint density at radius 1 is 1.38 bits per heavy atom. The molecule has 2 rings (SSSR count). The Kier molecular flexibility index (Phi) is 6.89. The quantitative estimate of drug-likeness (QED) is 0.610. The summed E-state index contributed by atoms with van der Waals surface area (Å²) in [5.41, 5.74) is 1.13. The van der Waals surface area contributed by atoms with Gasteiger partial charge in [-0.15, -0.1) is 0 Å². The molecular weight excluding hydrogens is 348 g/mol. The Morgan fingerprint density at radius 2 is 2.08 bits per heavy atom. The van der Waals surface area contributed by atoms with Crippen LogP contribution in [0.2, 0.25) is 5.02 Å². The lowest BCUT2D eigenvalue weighted by Crippen LogP contribution is -2.39. The van der Waals surface area contributed by atoms with Gasteiger partial charge in [0.25, 0.3) is 0 Å². The maximum absolute atomic E-state index is 11.8. The normalized spacial score (nSPS) is 17.9. The maximum Gasteiger partial charge on any atom is 0.214 e. The molecule has 0 radical (unpaired) electrons. The molecule has 0 saturated carbocycles. The zero-order valence-corrected chi connectivity index (χ0v) is 15.8. The lowest BCUT2D eigenvalue weighted by Gasteiger charge is -2.22. The van der Waals surface area contributed by atoms with Crippen LogP contribution in [0.5, 0.6) is 0 Å². The van der Waals surface area contributed by atoms with Crippen LogP contribution in [0, 0.1) is 0 Å². The monoisotopic (exact) mass is 372 g/mol. The Labute approximate surface area is 149 Å². The molecule has 1 saturated heterocycles. The Bertz CT molecular complexity index is 661. The van der Waals surface area contributed by atoms with Gasteiger partial charge in [0.15, 0.2) is 5.96 Å². The minimum Gasteiger partial charge on any atom is -0.357 e. The van der Waals surface area contributed by atoms with Gasteiger partial charge in [0.2, 0.25) is 10.0 Å². The molecule has 8 heteroatoms. The fourth-order valence-electron chi connectivity index (χ4n) is 2.62. The van der Waals surface area contributed by atoms with E-state index in [4.69, 9.17) is 11.6 Å². The number of guanidine groups is 1. The summed E-state index contributed by atoms with van der Waals surface area (Å²) in [6.07, 6.45) is 0.711. The average molecular weight is 373 g/mol. The highest BCUT2D eigenvalue weighted by molar-refractivity contribution is 7.89. The molecule has 1 N–H and O–H groups in total. The molecule has 0 spiro atoms. The molecule has 1 aliphatic rings. The number of nitrogens with one attached hydrogen (secondary N) is 1. The summed E-state index contributed by atoms with van der Waals surface area (Å²) < 4.78 is 25.1. The van der Waals surface area contributed by atoms with Gasteiger partial charge < -0.3 is 10.2 Å². The molecule has 0 unspecified atom stereocenters. The molecule has 1 aliphatic heterocycles. The molecular formula is C16H25ClN4O2S. The second-order valence-electron chi connectivity index (χ2n) is 5.79. The van der Waals surface area contributed by atoms with Crippen molar-refractivity contribution < 1.29 is 8.42 Å². The highest BCUT2D eigenvalue weighted by atomic mass is 35.5. The SMILES string of the molecule is CCNC(=NCCN1CCCS1(=O)=O)N(C)Cc1ccc(Cl)cc1. The average Bonchev–Trinajstić information content (AvgIpc) is 2.87. The second-order valence-corrected chi connectivity index (χ2v) is 8.31. The number of rotatable bonds is 6. The third-order valence-electron chi connectivity index (χ3n) is 3.84. The van der Waals surface area contributed by atoms with E-state index in [1.807, 2.05) is 43.1 Å². The van der Waals surface area contributed by atoms with Gasteiger partial charge in [-0.1, -0.05) is 23.7 Å². The maximum atomic E-state index is 11.8. The third kappa shape index (κ3) is 5.36. The van der Waals surface area contributed by atoms with Gasteiger partial charge in [-0.25, -0.2) is 12.7 Å². The van der Waals surface area contributed by atoms with Crippen LogP contribution in [-0.4, -0.2) is 62.6 Å². The van der Waals surface area contributed by atoms with Crippen molar-refractivity contribution in [1.82, 2.24) is 14.5 Å². The number of nitrogens with zero attached hydrogens (tertiary/aromatic N) is 3. The zero-order valence-electron chi connectivity index (χ0n) is 14.2. The molecule has 0 atom stereocenters. The molecule has 24 heavy (non-hydrogen) atoms. The summed E-state index contributed by atoms with van der Waals surface area (Å²) in [4.78, 5) is 6.57. The Balaban J connectivity index is 1.95. The van der Waals surface area contributed by atoms with Crippen molar-refractivity contribution in [3.05, 3.63) is 34.9 Å². The number of hydrogen-bond donors (Lipinski definition) is 1. The minimum atomic E-state index is -3.05. The van der Waals surface area contributed by atoms with Crippen molar-refractivity contribution in [2.24, 2.45) is 4.99 Å². The summed E-state index contributed by atoms with van der Waals surface area (Å²) in [5, 5.41) is 3.96. The van der Waals surface area contributed by atoms with Gasteiger partial charge in [0.05, 0.1) is 12.3 Å². The van der Waals surface area contributed by atoms with Crippen molar-refractivity contribution in [2.75, 3.05) is 39.0 Å². The molecule has 1 aromatic rings. The van der Waals surface area contributed by atoms with Gasteiger partial charge >= 0.3 is 0 Å². The van der Waals surface area contributed by atoms with Gasteiger partial charge in [-0.05, 0) is 31.0 Å². The smallest absolute Gasteiger partial charge is 0.214 e. The number of benzene rings is 1. The lowest BCUT2D eigenvalue weighted by atomic mass is 10.2. The fraction of sp³-hybridized carbons (Fsp3) is 0.562. The molecule has 0 aromatic heterocycles. The van der Waals surface area contributed by atoms with E-state index >= 15 is 0 Å². The highest BCUT2D eigenvalue weighted by Crippen LogP contribution is 2.13. The van der Waals surface area contributed by atoms with Crippen molar-refractivity contribution in [3.8, 4) is 0 Å². The van der Waals surface area contributed by atoms with Crippen LogP contribution in [0.1, 0.15) is 18.9 Å². The molecule has 0 amide bonds. The number of aliphatic imine (C=N–C) groups is 1. The second kappa shape index (κ2) is 8.69. The van der Waals surface area contributed by atoms with Gasteiger partial charge in [-0.2, -0.15) is 0 Å². The molecule has 1 heterocycles. The van der Waals surface area contributed by atoms with Crippen molar-refractivity contribution >= 4 is 27.6 Å². The van der Waals surface area contributed by atoms with E-state index in [0.29, 0.717) is 37.6 Å². The van der Waals surface area contributed by atoms with E-state index in [1.165, 1.54) is 4.31 Å². The molecule has 1 aromatic carbocycles. The number of halogens is 1. The first-order valence-electron chi connectivity index (χ1n) is 8.14. The molecule has 1 fully saturated rings. The summed E-state index contributed by atoms with van der Waals surface area (Å²) in [6, 6.07) is 7.71. The van der Waals surface area contributed by atoms with Gasteiger partial charge in [-0.3, -0.25) is 4.99 Å². The zero-order chi connectivity index (χ0) is 17.6. The lowest BCUT2D eigenvalue weighted by molar-refractivity contribution is 0.445. The summed E-state index contributed by atoms with van der Waals surface area (Å²) >= 11 is 5.91. The number of hydrogen-bond acceptors (Lipinski definition) is 3. The fourth-order valence-corrected chi connectivity index (χ4v) is 4.26. The van der Waals surface area contributed by atoms with Crippen LogP contribution < -0.4 is 5.32 Å². The molecule has 134 valence electrons. The van der Waals surface area contributed by atoms with E-state index in [-0.39, 0.29) is 5.75 Å². The topological polar surface area (TPSA) is 65.0 Å². The van der Waals surface area contributed by atoms with Crippen molar-refractivity contribution in [1.29, 1.82) is 0 Å². The van der Waals surface area contributed by atoms with E-state index < -0.39 is 10.0 Å². The minimum absolute atomic E-state index is 0.257. The number of sulfonamides is 1. The standard InChI is InChI=1S/C16H25ClN4O2S/c1-3-18-16(19-9-11-21-10-4-12-24(21,22)23)20(2)13-14-5-7-15(17)8-6-14/h5-8H,3-4,9-13H2,1-2H3,(H,18,19). The predicted octanol–water partition coefficient (Wildman–Crippen LogP) is 1.77. The molecule has 0 bridgehead atoms. The van der Waals surface area contributed by atoms with Crippen LogP contribution >= 0.6 is 11.6 Å². The van der Waals surface area contributed by atoms with E-state index in [9.17, 15) is 8.42 Å². The van der Waals surface area contributed by atoms with Crippen LogP contribution in [0.4, 0.5) is 0 Å². The van der Waals surface area contributed by atoms with Crippen LogP contribution in [0.3, 0.4) is 0 Å². The van der Waals surface area contributed by atoms with Crippen LogP contribution in [0.15, 0.2) is 29.3 Å². The van der Waals surface area contributed by atoms with Crippen molar-refractivity contribution in [3.63, 3.8) is 0 Å². The summed E-state index contributed by atoms with van der Waals surface area (Å²) in [5.74, 6) is 1.02. The van der Waals surface area contributed by atoms with Gasteiger partial charge in [0, 0.05) is 38.2 Å². The van der Waals surface area contributed by atoms with E-state index in [0.717, 1.165) is 18.1 Å². The first kappa shape index (κ1) is 19.0. The third-order valence-corrected chi connectivity index (χ3v) is 6.05. The molecule has 6 nitrogen and oxygen atoms in total. The summed E-state index contributed by atoms with van der Waals surface area (Å²) in [7, 11) is -1.09.